The SMILES string of the molecule is CCn1cc(N)c(C(=O)NCCC(C)SC)n1. The van der Waals surface area contributed by atoms with Crippen LogP contribution in [0, 0.1) is 0 Å². The second-order valence-electron chi connectivity index (χ2n) is 3.88. The Kier molecular flexibility index (Phi) is 5.34. The average Bonchev–Trinajstić information content (AvgIpc) is 2.70. The number of carbonyl (C=O) groups is 1. The van der Waals surface area contributed by atoms with Crippen molar-refractivity contribution in [3.05, 3.63) is 11.9 Å². The van der Waals surface area contributed by atoms with Gasteiger partial charge in [0.1, 0.15) is 0 Å². The van der Waals surface area contributed by atoms with E-state index in [4.69, 9.17) is 5.73 Å². The normalized spacial score (nSPS) is 12.4. The molecule has 0 aliphatic rings. The van der Waals surface area contributed by atoms with E-state index in [1.165, 1.54) is 0 Å². The average molecular weight is 256 g/mol. The smallest absolute Gasteiger partial charge is 0.273 e. The van der Waals surface area contributed by atoms with Gasteiger partial charge in [-0.3, -0.25) is 9.48 Å². The zero-order valence-corrected chi connectivity index (χ0v) is 11.4. The van der Waals surface area contributed by atoms with Gasteiger partial charge in [0.15, 0.2) is 5.69 Å². The number of aryl methyl sites for hydroxylation is 1. The Labute approximate surface area is 106 Å². The molecule has 5 nitrogen and oxygen atoms in total. The molecule has 6 heteroatoms. The number of amides is 1. The van der Waals surface area contributed by atoms with Crippen molar-refractivity contribution in [1.82, 2.24) is 15.1 Å². The van der Waals surface area contributed by atoms with Gasteiger partial charge in [0.2, 0.25) is 0 Å². The highest BCUT2D eigenvalue weighted by Gasteiger charge is 2.14. The van der Waals surface area contributed by atoms with E-state index >= 15 is 0 Å². The molecule has 0 spiro atoms. The number of thioether (sulfide) groups is 1. The molecule has 3 N–H and O–H groups in total. The van der Waals surface area contributed by atoms with E-state index in [1.54, 1.807) is 22.6 Å². The van der Waals surface area contributed by atoms with Crippen LogP contribution >= 0.6 is 11.8 Å². The summed E-state index contributed by atoms with van der Waals surface area (Å²) in [4.78, 5) is 11.8. The van der Waals surface area contributed by atoms with Crippen molar-refractivity contribution >= 4 is 23.4 Å². The predicted molar refractivity (Wildman–Crippen MR) is 72.2 cm³/mol. The van der Waals surface area contributed by atoms with E-state index in [0.717, 1.165) is 6.42 Å². The summed E-state index contributed by atoms with van der Waals surface area (Å²) in [5.74, 6) is -0.192. The number of nitrogens with zero attached hydrogens (tertiary/aromatic N) is 2. The summed E-state index contributed by atoms with van der Waals surface area (Å²) in [7, 11) is 0. The van der Waals surface area contributed by atoms with E-state index in [-0.39, 0.29) is 5.91 Å². The van der Waals surface area contributed by atoms with Crippen LogP contribution in [-0.4, -0.2) is 33.7 Å². The number of hydrogen-bond acceptors (Lipinski definition) is 4. The third kappa shape index (κ3) is 3.96. The van der Waals surface area contributed by atoms with Gasteiger partial charge < -0.3 is 11.1 Å². The van der Waals surface area contributed by atoms with E-state index in [9.17, 15) is 4.79 Å². The first kappa shape index (κ1) is 13.9. The van der Waals surface area contributed by atoms with Gasteiger partial charge >= 0.3 is 0 Å². The minimum atomic E-state index is -0.192. The largest absolute Gasteiger partial charge is 0.396 e. The molecule has 0 aromatic carbocycles. The number of aromatic nitrogens is 2. The number of rotatable bonds is 6. The van der Waals surface area contributed by atoms with Crippen LogP contribution in [-0.2, 0) is 6.54 Å². The zero-order valence-electron chi connectivity index (χ0n) is 10.6. The molecule has 1 heterocycles. The third-order valence-corrected chi connectivity index (χ3v) is 3.61. The summed E-state index contributed by atoms with van der Waals surface area (Å²) in [5.41, 5.74) is 6.48. The number of nitrogen functional groups attached to an aromatic ring is 1. The Morgan fingerprint density at radius 3 is 2.94 bits per heavy atom. The van der Waals surface area contributed by atoms with Crippen LogP contribution in [0.25, 0.3) is 0 Å². The fourth-order valence-electron chi connectivity index (χ4n) is 1.37. The van der Waals surface area contributed by atoms with Gasteiger partial charge in [0.05, 0.1) is 5.69 Å². The highest BCUT2D eigenvalue weighted by atomic mass is 32.2. The lowest BCUT2D eigenvalue weighted by Gasteiger charge is -2.08. The maximum absolute atomic E-state index is 11.8. The Balaban J connectivity index is 2.49. The van der Waals surface area contributed by atoms with Crippen LogP contribution < -0.4 is 11.1 Å². The highest BCUT2D eigenvalue weighted by Crippen LogP contribution is 2.10. The van der Waals surface area contributed by atoms with Crippen LogP contribution in [0.5, 0.6) is 0 Å². The van der Waals surface area contributed by atoms with Crippen LogP contribution in [0.15, 0.2) is 6.20 Å². The highest BCUT2D eigenvalue weighted by molar-refractivity contribution is 7.99. The van der Waals surface area contributed by atoms with Crippen LogP contribution in [0.2, 0.25) is 0 Å². The molecule has 1 amide bonds. The minimum absolute atomic E-state index is 0.192. The Hall–Kier alpha value is -1.17. The Bertz CT molecular complexity index is 378. The molecule has 0 saturated carbocycles. The van der Waals surface area contributed by atoms with Crippen LogP contribution in [0.4, 0.5) is 5.69 Å². The lowest BCUT2D eigenvalue weighted by molar-refractivity contribution is 0.0948. The molecular formula is C11H20N4OS. The Morgan fingerprint density at radius 1 is 1.71 bits per heavy atom. The first-order valence-electron chi connectivity index (χ1n) is 5.72. The standard InChI is InChI=1S/C11H20N4OS/c1-4-15-7-9(12)10(14-15)11(16)13-6-5-8(2)17-3/h7-8H,4-6,12H2,1-3H3,(H,13,16). The summed E-state index contributed by atoms with van der Waals surface area (Å²) in [6, 6.07) is 0. The summed E-state index contributed by atoms with van der Waals surface area (Å²) < 4.78 is 1.66. The quantitative estimate of drug-likeness (QED) is 0.806. The number of nitrogens with two attached hydrogens (primary N) is 1. The fraction of sp³-hybridized carbons (Fsp3) is 0.636. The van der Waals surface area contributed by atoms with Crippen molar-refractivity contribution < 1.29 is 4.79 Å². The molecule has 0 radical (unpaired) electrons. The van der Waals surface area contributed by atoms with E-state index in [2.05, 4.69) is 23.6 Å². The summed E-state index contributed by atoms with van der Waals surface area (Å²) in [6.45, 7) is 5.45. The molecule has 17 heavy (non-hydrogen) atoms. The van der Waals surface area contributed by atoms with Gasteiger partial charge in [0.25, 0.3) is 5.91 Å². The van der Waals surface area contributed by atoms with Crippen LogP contribution in [0.3, 0.4) is 0 Å². The summed E-state index contributed by atoms with van der Waals surface area (Å²) in [6.07, 6.45) is 4.69. The molecule has 0 bridgehead atoms. The number of anilines is 1. The molecular weight excluding hydrogens is 236 g/mol. The number of carbonyl (C=O) groups excluding carboxylic acids is 1. The number of nitrogens with one attached hydrogen (secondary N) is 1. The van der Waals surface area contributed by atoms with Gasteiger partial charge in [-0.2, -0.15) is 16.9 Å². The van der Waals surface area contributed by atoms with Gasteiger partial charge in [-0.15, -0.1) is 0 Å². The Morgan fingerprint density at radius 2 is 2.41 bits per heavy atom. The van der Waals surface area contributed by atoms with Gasteiger partial charge in [-0.05, 0) is 19.6 Å². The molecule has 1 unspecified atom stereocenters. The van der Waals surface area contributed by atoms with E-state index in [1.807, 2.05) is 6.92 Å². The maximum atomic E-state index is 11.8. The lowest BCUT2D eigenvalue weighted by atomic mass is 10.3. The zero-order chi connectivity index (χ0) is 12.8. The molecule has 1 aromatic heterocycles. The second kappa shape index (κ2) is 6.54. The second-order valence-corrected chi connectivity index (χ2v) is 5.16. The van der Waals surface area contributed by atoms with E-state index < -0.39 is 0 Å². The number of hydrogen-bond donors (Lipinski definition) is 2. The molecule has 1 rings (SSSR count). The molecule has 0 saturated heterocycles. The van der Waals surface area contributed by atoms with Gasteiger partial charge in [0, 0.05) is 24.5 Å². The topological polar surface area (TPSA) is 72.9 Å². The van der Waals surface area contributed by atoms with Crippen molar-refractivity contribution in [2.24, 2.45) is 0 Å². The van der Waals surface area contributed by atoms with E-state index in [0.29, 0.717) is 29.7 Å². The lowest BCUT2D eigenvalue weighted by Crippen LogP contribution is -2.27. The molecule has 96 valence electrons. The summed E-state index contributed by atoms with van der Waals surface area (Å²) in [5, 5.41) is 7.50. The van der Waals surface area contributed by atoms with Crippen molar-refractivity contribution in [1.29, 1.82) is 0 Å². The van der Waals surface area contributed by atoms with Crippen molar-refractivity contribution in [3.63, 3.8) is 0 Å². The van der Waals surface area contributed by atoms with Crippen molar-refractivity contribution in [2.45, 2.75) is 32.1 Å². The molecule has 0 aliphatic heterocycles. The third-order valence-electron chi connectivity index (χ3n) is 2.57. The fourth-order valence-corrected chi connectivity index (χ4v) is 1.72. The first-order valence-corrected chi connectivity index (χ1v) is 7.01. The monoisotopic (exact) mass is 256 g/mol. The predicted octanol–water partition coefficient (Wildman–Crippen LogP) is 1.36. The summed E-state index contributed by atoms with van der Waals surface area (Å²) >= 11 is 1.79. The van der Waals surface area contributed by atoms with Crippen molar-refractivity contribution in [3.8, 4) is 0 Å². The molecule has 1 aromatic rings. The molecule has 0 aliphatic carbocycles. The first-order chi connectivity index (χ1) is 8.08. The maximum Gasteiger partial charge on any atom is 0.273 e. The molecule has 1 atom stereocenters. The van der Waals surface area contributed by atoms with Crippen molar-refractivity contribution in [2.75, 3.05) is 18.5 Å². The van der Waals surface area contributed by atoms with Crippen LogP contribution in [0.1, 0.15) is 30.8 Å². The minimum Gasteiger partial charge on any atom is -0.396 e. The van der Waals surface area contributed by atoms with Gasteiger partial charge in [-0.25, -0.2) is 0 Å². The van der Waals surface area contributed by atoms with Gasteiger partial charge in [-0.1, -0.05) is 6.92 Å². The molecule has 0 fully saturated rings.